The lowest BCUT2D eigenvalue weighted by atomic mass is 10.0. The minimum Gasteiger partial charge on any atom is -0.207 e. The van der Waals surface area contributed by atoms with Crippen molar-refractivity contribution < 1.29 is 17.6 Å². The second-order valence-corrected chi connectivity index (χ2v) is 4.61. The highest BCUT2D eigenvalue weighted by atomic mass is 35.5. The maximum atomic E-state index is 13.5. The van der Waals surface area contributed by atoms with E-state index in [-0.39, 0.29) is 12.0 Å². The van der Waals surface area contributed by atoms with Crippen LogP contribution in [0.2, 0.25) is 0 Å². The first-order valence-electron chi connectivity index (χ1n) is 5.50. The van der Waals surface area contributed by atoms with Crippen molar-refractivity contribution in [3.05, 3.63) is 70.8 Å². The molecule has 0 aromatic heterocycles. The van der Waals surface area contributed by atoms with Crippen LogP contribution in [0.1, 0.15) is 16.5 Å². The summed E-state index contributed by atoms with van der Waals surface area (Å²) < 4.78 is 52.5. The second-order valence-electron chi connectivity index (χ2n) is 4.08. The Morgan fingerprint density at radius 3 is 1.89 bits per heavy atom. The predicted molar refractivity (Wildman–Crippen MR) is 65.0 cm³/mol. The zero-order valence-electron chi connectivity index (χ0n) is 9.64. The second kappa shape index (κ2) is 5.61. The first kappa shape index (κ1) is 13.9. The lowest BCUT2D eigenvalue weighted by molar-refractivity contribution is 0.520. The molecule has 0 amide bonds. The first-order valence-corrected chi connectivity index (χ1v) is 5.94. The van der Waals surface area contributed by atoms with Crippen molar-refractivity contribution in [3.8, 4) is 0 Å². The fourth-order valence-corrected chi connectivity index (χ4v) is 2.17. The van der Waals surface area contributed by atoms with Gasteiger partial charge in [0.15, 0.2) is 0 Å². The maximum absolute atomic E-state index is 13.5. The van der Waals surface area contributed by atoms with Gasteiger partial charge in [-0.2, -0.15) is 0 Å². The molecule has 0 saturated carbocycles. The Morgan fingerprint density at radius 1 is 0.842 bits per heavy atom. The van der Waals surface area contributed by atoms with Gasteiger partial charge in [0.25, 0.3) is 0 Å². The van der Waals surface area contributed by atoms with Gasteiger partial charge in [-0.3, -0.25) is 0 Å². The topological polar surface area (TPSA) is 0 Å². The molecule has 0 N–H and O–H groups in total. The molecule has 2 aromatic carbocycles. The van der Waals surface area contributed by atoms with Crippen molar-refractivity contribution in [1.29, 1.82) is 0 Å². The molecule has 1 unspecified atom stereocenters. The van der Waals surface area contributed by atoms with Crippen molar-refractivity contribution in [2.75, 3.05) is 0 Å². The molecular formula is C14H9ClF4. The van der Waals surface area contributed by atoms with Crippen molar-refractivity contribution in [3.63, 3.8) is 0 Å². The monoisotopic (exact) mass is 288 g/mol. The summed E-state index contributed by atoms with van der Waals surface area (Å²) in [5, 5.41) is -0.994. The molecule has 100 valence electrons. The summed E-state index contributed by atoms with van der Waals surface area (Å²) in [5.74, 6) is -3.46. The van der Waals surface area contributed by atoms with Crippen LogP contribution >= 0.6 is 11.6 Å². The van der Waals surface area contributed by atoms with Gasteiger partial charge in [-0.05, 0) is 24.1 Å². The molecule has 2 rings (SSSR count). The molecule has 0 fully saturated rings. The highest BCUT2D eigenvalue weighted by Gasteiger charge is 2.20. The van der Waals surface area contributed by atoms with Gasteiger partial charge in [-0.1, -0.05) is 12.1 Å². The molecule has 0 nitrogen and oxygen atoms in total. The Labute approximate surface area is 112 Å². The van der Waals surface area contributed by atoms with E-state index in [2.05, 4.69) is 0 Å². The maximum Gasteiger partial charge on any atom is 0.133 e. The third kappa shape index (κ3) is 3.26. The molecule has 2 aromatic rings. The van der Waals surface area contributed by atoms with Gasteiger partial charge >= 0.3 is 0 Å². The van der Waals surface area contributed by atoms with E-state index in [1.165, 1.54) is 24.3 Å². The highest BCUT2D eigenvalue weighted by Crippen LogP contribution is 2.30. The molecule has 0 spiro atoms. The molecule has 0 aliphatic carbocycles. The first-order chi connectivity index (χ1) is 8.97. The van der Waals surface area contributed by atoms with E-state index in [9.17, 15) is 17.6 Å². The number of rotatable bonds is 3. The minimum absolute atomic E-state index is 0.112. The van der Waals surface area contributed by atoms with Gasteiger partial charge in [0.2, 0.25) is 0 Å². The van der Waals surface area contributed by atoms with Crippen molar-refractivity contribution in [2.45, 2.75) is 11.8 Å². The van der Waals surface area contributed by atoms with E-state index in [0.29, 0.717) is 17.7 Å². The molecule has 5 heteroatoms. The molecular weight excluding hydrogens is 280 g/mol. The van der Waals surface area contributed by atoms with E-state index >= 15 is 0 Å². The van der Waals surface area contributed by atoms with Crippen LogP contribution in [-0.4, -0.2) is 0 Å². The van der Waals surface area contributed by atoms with Crippen LogP contribution in [0.25, 0.3) is 0 Å². The quantitative estimate of drug-likeness (QED) is 0.564. The Kier molecular flexibility index (Phi) is 4.10. The third-order valence-corrected chi connectivity index (χ3v) is 3.06. The SMILES string of the molecule is Fc1ccc(CC(Cl)c2c(F)cc(F)cc2F)cc1. The lowest BCUT2D eigenvalue weighted by Gasteiger charge is -2.12. The van der Waals surface area contributed by atoms with Crippen LogP contribution in [0.4, 0.5) is 17.6 Å². The lowest BCUT2D eigenvalue weighted by Crippen LogP contribution is -2.03. The summed E-state index contributed by atoms with van der Waals surface area (Å²) in [7, 11) is 0. The van der Waals surface area contributed by atoms with Gasteiger partial charge < -0.3 is 0 Å². The summed E-state index contributed by atoms with van der Waals surface area (Å²) in [6.07, 6.45) is 0.112. The Hall–Kier alpha value is -1.55. The van der Waals surface area contributed by atoms with Gasteiger partial charge in [-0.15, -0.1) is 11.6 Å². The predicted octanol–water partition coefficient (Wildman–Crippen LogP) is 4.77. The Morgan fingerprint density at radius 2 is 1.37 bits per heavy atom. The van der Waals surface area contributed by atoms with Crippen LogP contribution in [0.5, 0.6) is 0 Å². The van der Waals surface area contributed by atoms with E-state index in [1.54, 1.807) is 0 Å². The molecule has 19 heavy (non-hydrogen) atoms. The summed E-state index contributed by atoms with van der Waals surface area (Å²) in [6.45, 7) is 0. The molecule has 0 radical (unpaired) electrons. The van der Waals surface area contributed by atoms with Crippen molar-refractivity contribution in [1.82, 2.24) is 0 Å². The normalized spacial score (nSPS) is 12.5. The molecule has 0 saturated heterocycles. The number of alkyl halides is 1. The molecule has 1 atom stereocenters. The van der Waals surface area contributed by atoms with E-state index < -0.39 is 28.6 Å². The van der Waals surface area contributed by atoms with Crippen LogP contribution in [0.3, 0.4) is 0 Å². The molecule has 0 bridgehead atoms. The highest BCUT2D eigenvalue weighted by molar-refractivity contribution is 6.21. The Bertz CT molecular complexity index is 557. The number of hydrogen-bond donors (Lipinski definition) is 0. The standard InChI is InChI=1S/C14H9ClF4/c15-11(5-8-1-3-9(16)4-2-8)14-12(18)6-10(17)7-13(14)19/h1-4,6-7,11H,5H2. The zero-order chi connectivity index (χ0) is 14.0. The molecule has 0 aliphatic rings. The fraction of sp³-hybridized carbons (Fsp3) is 0.143. The number of benzene rings is 2. The molecule has 0 aliphatic heterocycles. The number of hydrogen-bond acceptors (Lipinski definition) is 0. The zero-order valence-corrected chi connectivity index (χ0v) is 10.4. The van der Waals surface area contributed by atoms with Gasteiger partial charge in [0, 0.05) is 17.7 Å². The number of halogens is 5. The third-order valence-electron chi connectivity index (χ3n) is 2.69. The smallest absolute Gasteiger partial charge is 0.133 e. The minimum atomic E-state index is -1.03. The largest absolute Gasteiger partial charge is 0.207 e. The van der Waals surface area contributed by atoms with E-state index in [0.717, 1.165) is 0 Å². The summed E-state index contributed by atoms with van der Waals surface area (Å²) in [5.41, 5.74) is 0.247. The van der Waals surface area contributed by atoms with Gasteiger partial charge in [-0.25, -0.2) is 17.6 Å². The van der Waals surface area contributed by atoms with Crippen LogP contribution < -0.4 is 0 Å². The summed E-state index contributed by atoms with van der Waals surface area (Å²) in [4.78, 5) is 0. The van der Waals surface area contributed by atoms with E-state index in [1.807, 2.05) is 0 Å². The van der Waals surface area contributed by atoms with Crippen molar-refractivity contribution in [2.24, 2.45) is 0 Å². The fourth-order valence-electron chi connectivity index (χ4n) is 1.78. The van der Waals surface area contributed by atoms with Crippen LogP contribution in [-0.2, 0) is 6.42 Å². The van der Waals surface area contributed by atoms with Crippen LogP contribution in [0.15, 0.2) is 36.4 Å². The summed E-state index contributed by atoms with van der Waals surface area (Å²) in [6, 6.07) is 6.58. The van der Waals surface area contributed by atoms with E-state index in [4.69, 9.17) is 11.6 Å². The van der Waals surface area contributed by atoms with Crippen LogP contribution in [0, 0.1) is 23.3 Å². The average molecular weight is 289 g/mol. The van der Waals surface area contributed by atoms with Gasteiger partial charge in [0.05, 0.1) is 5.38 Å². The summed E-state index contributed by atoms with van der Waals surface area (Å²) >= 11 is 5.95. The molecule has 0 heterocycles. The van der Waals surface area contributed by atoms with Gasteiger partial charge in [0.1, 0.15) is 23.3 Å². The Balaban J connectivity index is 2.25. The van der Waals surface area contributed by atoms with Crippen molar-refractivity contribution >= 4 is 11.6 Å². The average Bonchev–Trinajstić information content (AvgIpc) is 2.30.